The lowest BCUT2D eigenvalue weighted by atomic mass is 9.96. The average molecular weight is 569 g/mol. The third-order valence-electron chi connectivity index (χ3n) is 7.21. The van der Waals surface area contributed by atoms with Crippen LogP contribution in [0.25, 0.3) is 0 Å². The fourth-order valence-corrected chi connectivity index (χ4v) is 4.92. The van der Waals surface area contributed by atoms with Gasteiger partial charge in [-0.25, -0.2) is 19.2 Å². The van der Waals surface area contributed by atoms with E-state index in [0.29, 0.717) is 39.0 Å². The Labute approximate surface area is 239 Å². The molecule has 0 aromatic heterocycles. The molecular formula is C28H52N6O6. The second-order valence-electron chi connectivity index (χ2n) is 10.7. The first kappa shape index (κ1) is 33.3. The molecule has 0 spiro atoms. The lowest BCUT2D eigenvalue weighted by molar-refractivity contribution is 0.137. The third kappa shape index (κ3) is 17.6. The van der Waals surface area contributed by atoms with E-state index in [1.807, 2.05) is 0 Å². The summed E-state index contributed by atoms with van der Waals surface area (Å²) in [6.07, 6.45) is 15.2. The van der Waals surface area contributed by atoms with Gasteiger partial charge in [-0.05, 0) is 51.4 Å². The molecule has 2 aliphatic carbocycles. The average Bonchev–Trinajstić information content (AvgIpc) is 2.95. The van der Waals surface area contributed by atoms with Gasteiger partial charge in [-0.2, -0.15) is 0 Å². The van der Waals surface area contributed by atoms with Gasteiger partial charge < -0.3 is 41.4 Å². The van der Waals surface area contributed by atoms with Crippen LogP contribution < -0.4 is 31.9 Å². The summed E-state index contributed by atoms with van der Waals surface area (Å²) in [5.41, 5.74) is 0. The molecule has 2 aliphatic rings. The molecule has 0 radical (unpaired) electrons. The van der Waals surface area contributed by atoms with Crippen LogP contribution in [-0.4, -0.2) is 75.7 Å². The zero-order chi connectivity index (χ0) is 28.7. The first-order chi connectivity index (χ1) is 19.5. The number of urea groups is 2. The van der Waals surface area contributed by atoms with Crippen LogP contribution in [0.2, 0.25) is 0 Å². The molecule has 0 aromatic rings. The lowest BCUT2D eigenvalue weighted by Gasteiger charge is -2.22. The number of ether oxygens (including phenoxy) is 2. The molecule has 0 heterocycles. The molecule has 2 rings (SSSR count). The van der Waals surface area contributed by atoms with Crippen molar-refractivity contribution < 1.29 is 28.7 Å². The number of rotatable bonds is 17. The standard InChI is InChI=1S/C28H52N6O6/c35-25(31-19-11-21-39-27(37)33-23-13-5-3-6-14-23)29-17-9-1-2-10-18-30-26(36)32-20-12-22-40-28(38)34-24-15-7-4-8-16-24/h23-24H,1-22H2,(H,33,37)(H,34,38)(H2,29,31,35)(H2,30,32,36). The largest absolute Gasteiger partial charge is 0.449 e. The molecular weight excluding hydrogens is 516 g/mol. The summed E-state index contributed by atoms with van der Waals surface area (Å²) in [4.78, 5) is 47.2. The summed E-state index contributed by atoms with van der Waals surface area (Å²) in [6, 6.07) is 0.0186. The van der Waals surface area contributed by atoms with Gasteiger partial charge in [0.2, 0.25) is 0 Å². The van der Waals surface area contributed by atoms with Crippen molar-refractivity contribution in [2.24, 2.45) is 0 Å². The van der Waals surface area contributed by atoms with E-state index in [4.69, 9.17) is 9.47 Å². The molecule has 6 amide bonds. The van der Waals surface area contributed by atoms with Crippen molar-refractivity contribution in [3.63, 3.8) is 0 Å². The summed E-state index contributed by atoms with van der Waals surface area (Å²) < 4.78 is 10.3. The Morgan fingerprint density at radius 1 is 0.475 bits per heavy atom. The quantitative estimate of drug-likeness (QED) is 0.145. The van der Waals surface area contributed by atoms with Crippen LogP contribution in [0.3, 0.4) is 0 Å². The topological polar surface area (TPSA) is 159 Å². The predicted octanol–water partition coefficient (Wildman–Crippen LogP) is 4.04. The molecule has 0 aromatic carbocycles. The number of amides is 6. The number of hydrogen-bond donors (Lipinski definition) is 6. The molecule has 12 nitrogen and oxygen atoms in total. The highest BCUT2D eigenvalue weighted by Crippen LogP contribution is 2.18. The monoisotopic (exact) mass is 568 g/mol. The van der Waals surface area contributed by atoms with Gasteiger partial charge in [0.1, 0.15) is 0 Å². The Kier molecular flexibility index (Phi) is 18.2. The zero-order valence-electron chi connectivity index (χ0n) is 24.2. The summed E-state index contributed by atoms with van der Waals surface area (Å²) in [5.74, 6) is 0. The van der Waals surface area contributed by atoms with Gasteiger partial charge in [-0.1, -0.05) is 51.4 Å². The maximum atomic E-state index is 11.8. The summed E-state index contributed by atoms with van der Waals surface area (Å²) in [5, 5.41) is 17.0. The molecule has 2 saturated carbocycles. The van der Waals surface area contributed by atoms with Gasteiger partial charge in [-0.15, -0.1) is 0 Å². The van der Waals surface area contributed by atoms with E-state index in [2.05, 4.69) is 31.9 Å². The van der Waals surface area contributed by atoms with Crippen molar-refractivity contribution in [3.05, 3.63) is 0 Å². The van der Waals surface area contributed by atoms with Crippen LogP contribution in [0.15, 0.2) is 0 Å². The first-order valence-corrected chi connectivity index (χ1v) is 15.4. The van der Waals surface area contributed by atoms with E-state index < -0.39 is 0 Å². The number of hydrogen-bond acceptors (Lipinski definition) is 6. The van der Waals surface area contributed by atoms with Crippen LogP contribution >= 0.6 is 0 Å². The fourth-order valence-electron chi connectivity index (χ4n) is 4.92. The van der Waals surface area contributed by atoms with E-state index in [-0.39, 0.29) is 49.5 Å². The highest BCUT2D eigenvalue weighted by Gasteiger charge is 2.17. The zero-order valence-corrected chi connectivity index (χ0v) is 24.2. The van der Waals surface area contributed by atoms with E-state index in [9.17, 15) is 19.2 Å². The maximum absolute atomic E-state index is 11.8. The fraction of sp³-hybridized carbons (Fsp3) is 0.857. The minimum Gasteiger partial charge on any atom is -0.449 e. The number of carbonyl (C=O) groups excluding carboxylic acids is 4. The predicted molar refractivity (Wildman–Crippen MR) is 153 cm³/mol. The molecule has 40 heavy (non-hydrogen) atoms. The van der Waals surface area contributed by atoms with Crippen molar-refractivity contribution in [3.8, 4) is 0 Å². The molecule has 0 atom stereocenters. The van der Waals surface area contributed by atoms with Crippen LogP contribution in [0.5, 0.6) is 0 Å². The Bertz CT molecular complexity index is 668. The summed E-state index contributed by atoms with van der Waals surface area (Å²) in [6.45, 7) is 2.61. The van der Waals surface area contributed by atoms with Gasteiger partial charge in [0.15, 0.2) is 0 Å². The molecule has 0 saturated heterocycles. The lowest BCUT2D eigenvalue weighted by Crippen LogP contribution is -2.38. The Balaban J connectivity index is 1.28. The molecule has 6 N–H and O–H groups in total. The molecule has 0 bridgehead atoms. The van der Waals surface area contributed by atoms with Gasteiger partial charge in [-0.3, -0.25) is 0 Å². The minimum atomic E-state index is -0.371. The van der Waals surface area contributed by atoms with E-state index in [1.165, 1.54) is 12.8 Å². The van der Waals surface area contributed by atoms with Gasteiger partial charge in [0.25, 0.3) is 0 Å². The highest BCUT2D eigenvalue weighted by molar-refractivity contribution is 5.74. The Morgan fingerprint density at radius 3 is 1.20 bits per heavy atom. The van der Waals surface area contributed by atoms with Gasteiger partial charge >= 0.3 is 24.2 Å². The van der Waals surface area contributed by atoms with E-state index in [0.717, 1.165) is 77.0 Å². The first-order valence-electron chi connectivity index (χ1n) is 15.4. The number of alkyl carbamates (subject to hydrolysis) is 2. The Morgan fingerprint density at radius 2 is 0.825 bits per heavy atom. The van der Waals surface area contributed by atoms with Crippen LogP contribution in [0, 0.1) is 0 Å². The normalized spacial score (nSPS) is 15.9. The van der Waals surface area contributed by atoms with Crippen molar-refractivity contribution >= 4 is 24.2 Å². The molecule has 0 unspecified atom stereocenters. The van der Waals surface area contributed by atoms with Crippen LogP contribution in [0.1, 0.15) is 103 Å². The highest BCUT2D eigenvalue weighted by atomic mass is 16.6. The smallest absolute Gasteiger partial charge is 0.407 e. The van der Waals surface area contributed by atoms with Crippen molar-refractivity contribution in [1.82, 2.24) is 31.9 Å². The van der Waals surface area contributed by atoms with Crippen molar-refractivity contribution in [2.45, 2.75) is 115 Å². The number of carbonyl (C=O) groups is 4. The minimum absolute atomic E-state index is 0.222. The second kappa shape index (κ2) is 21.8. The molecule has 2 fully saturated rings. The van der Waals surface area contributed by atoms with E-state index >= 15 is 0 Å². The van der Waals surface area contributed by atoms with Crippen LogP contribution in [-0.2, 0) is 9.47 Å². The summed E-state index contributed by atoms with van der Waals surface area (Å²) >= 11 is 0. The number of unbranched alkanes of at least 4 members (excludes halogenated alkanes) is 3. The van der Waals surface area contributed by atoms with Gasteiger partial charge in [0.05, 0.1) is 13.2 Å². The Hall–Kier alpha value is -2.92. The third-order valence-corrected chi connectivity index (χ3v) is 7.21. The SMILES string of the molecule is O=C(NCCCCCCNC(=O)NCCCOC(=O)NC1CCCCC1)NCCCOC(=O)NC1CCCCC1. The molecule has 230 valence electrons. The second-order valence-corrected chi connectivity index (χ2v) is 10.7. The summed E-state index contributed by atoms with van der Waals surface area (Å²) in [7, 11) is 0. The van der Waals surface area contributed by atoms with Crippen molar-refractivity contribution in [1.29, 1.82) is 0 Å². The molecule has 0 aliphatic heterocycles. The van der Waals surface area contributed by atoms with E-state index in [1.54, 1.807) is 0 Å². The maximum Gasteiger partial charge on any atom is 0.407 e. The van der Waals surface area contributed by atoms with Crippen LogP contribution in [0.4, 0.5) is 19.2 Å². The number of nitrogens with one attached hydrogen (secondary N) is 6. The molecule has 12 heteroatoms. The van der Waals surface area contributed by atoms with Gasteiger partial charge in [0, 0.05) is 38.3 Å². The van der Waals surface area contributed by atoms with Crippen molar-refractivity contribution in [2.75, 3.05) is 39.4 Å².